The summed E-state index contributed by atoms with van der Waals surface area (Å²) >= 11 is 2.96. The van der Waals surface area contributed by atoms with E-state index in [1.54, 1.807) is 28.4 Å². The summed E-state index contributed by atoms with van der Waals surface area (Å²) in [7, 11) is 0. The van der Waals surface area contributed by atoms with Crippen molar-refractivity contribution >= 4 is 39.9 Å². The second kappa shape index (κ2) is 8.09. The Kier molecular flexibility index (Phi) is 5.13. The molecule has 0 atom stereocenters. The molecule has 7 nitrogen and oxygen atoms in total. The Hall–Kier alpha value is -3.30. The van der Waals surface area contributed by atoms with Crippen LogP contribution in [-0.2, 0) is 0 Å². The standard InChI is InChI=1S/C22H18N6OS2/c1-14-10-17(15(2)27(14)22-23-8-9-30-22)19(29)12-31-21-18-11-26-28(20(18)24-13-25-21)16-6-4-3-5-7-16/h3-11,13H,12H2,1-2H3. The van der Waals surface area contributed by atoms with Crippen molar-refractivity contribution in [1.82, 2.24) is 29.3 Å². The molecule has 0 saturated heterocycles. The molecule has 4 heterocycles. The van der Waals surface area contributed by atoms with Crippen LogP contribution in [0.25, 0.3) is 21.9 Å². The molecule has 0 aliphatic rings. The van der Waals surface area contributed by atoms with E-state index in [-0.39, 0.29) is 11.5 Å². The average Bonchev–Trinajstić information content (AvgIpc) is 3.52. The Morgan fingerprint density at radius 1 is 1.13 bits per heavy atom. The van der Waals surface area contributed by atoms with Gasteiger partial charge in [0, 0.05) is 28.5 Å². The highest BCUT2D eigenvalue weighted by Gasteiger charge is 2.19. The number of thiazole rings is 1. The molecule has 0 amide bonds. The average molecular weight is 447 g/mol. The molecule has 9 heteroatoms. The lowest BCUT2D eigenvalue weighted by Crippen LogP contribution is -2.06. The van der Waals surface area contributed by atoms with Crippen molar-refractivity contribution in [1.29, 1.82) is 0 Å². The van der Waals surface area contributed by atoms with E-state index in [1.807, 2.05) is 60.2 Å². The number of nitrogens with zero attached hydrogens (tertiary/aromatic N) is 6. The van der Waals surface area contributed by atoms with Crippen molar-refractivity contribution in [3.05, 3.63) is 77.5 Å². The van der Waals surface area contributed by atoms with Gasteiger partial charge in [-0.25, -0.2) is 19.6 Å². The summed E-state index contributed by atoms with van der Waals surface area (Å²) in [5.74, 6) is 0.341. The van der Waals surface area contributed by atoms with Crippen LogP contribution < -0.4 is 0 Å². The number of fused-ring (bicyclic) bond motifs is 1. The van der Waals surface area contributed by atoms with Crippen molar-refractivity contribution < 1.29 is 4.79 Å². The van der Waals surface area contributed by atoms with Crippen LogP contribution in [0.5, 0.6) is 0 Å². The van der Waals surface area contributed by atoms with E-state index in [2.05, 4.69) is 20.1 Å². The molecule has 154 valence electrons. The molecule has 0 aliphatic carbocycles. The molecule has 5 rings (SSSR count). The lowest BCUT2D eigenvalue weighted by atomic mass is 10.2. The second-order valence-corrected chi connectivity index (χ2v) is 8.79. The molecule has 0 radical (unpaired) electrons. The van der Waals surface area contributed by atoms with Gasteiger partial charge in [0.2, 0.25) is 0 Å². The third-order valence-electron chi connectivity index (χ3n) is 5.01. The summed E-state index contributed by atoms with van der Waals surface area (Å²) in [6, 6.07) is 11.8. The number of hydrogen-bond acceptors (Lipinski definition) is 7. The molecule has 5 aromatic rings. The Labute approximate surface area is 186 Å². The fourth-order valence-electron chi connectivity index (χ4n) is 3.57. The molecule has 0 unspecified atom stereocenters. The third-order valence-corrected chi connectivity index (χ3v) is 6.77. The predicted octanol–water partition coefficient (Wildman–Crippen LogP) is 4.65. The maximum atomic E-state index is 13.0. The molecule has 31 heavy (non-hydrogen) atoms. The van der Waals surface area contributed by atoms with Crippen LogP contribution in [0.3, 0.4) is 0 Å². The Balaban J connectivity index is 1.40. The topological polar surface area (TPSA) is 78.5 Å². The predicted molar refractivity (Wildman–Crippen MR) is 123 cm³/mol. The minimum absolute atomic E-state index is 0.0584. The first-order valence-electron chi connectivity index (χ1n) is 9.62. The monoisotopic (exact) mass is 446 g/mol. The first-order valence-corrected chi connectivity index (χ1v) is 11.5. The Morgan fingerprint density at radius 2 is 1.97 bits per heavy atom. The molecular formula is C22H18N6OS2. The summed E-state index contributed by atoms with van der Waals surface area (Å²) in [6.07, 6.45) is 5.04. The van der Waals surface area contributed by atoms with Crippen LogP contribution in [0.15, 0.2) is 65.5 Å². The number of hydrogen-bond donors (Lipinski definition) is 0. The first-order chi connectivity index (χ1) is 15.1. The number of aromatic nitrogens is 6. The van der Waals surface area contributed by atoms with Crippen LogP contribution in [0, 0.1) is 13.8 Å². The van der Waals surface area contributed by atoms with Crippen molar-refractivity contribution in [2.24, 2.45) is 0 Å². The number of thioether (sulfide) groups is 1. The van der Waals surface area contributed by atoms with Crippen molar-refractivity contribution in [2.75, 3.05) is 5.75 Å². The number of carbonyl (C=O) groups excluding carboxylic acids is 1. The Bertz CT molecular complexity index is 1370. The summed E-state index contributed by atoms with van der Waals surface area (Å²) in [6.45, 7) is 3.95. The first kappa shape index (κ1) is 19.7. The normalized spacial score (nSPS) is 11.3. The molecular weight excluding hydrogens is 428 g/mol. The number of carbonyl (C=O) groups is 1. The number of rotatable bonds is 6. The number of ketones is 1. The highest BCUT2D eigenvalue weighted by Crippen LogP contribution is 2.28. The molecule has 1 aromatic carbocycles. The fraction of sp³-hybridized carbons (Fsp3) is 0.136. The van der Waals surface area contributed by atoms with Crippen molar-refractivity contribution in [2.45, 2.75) is 18.9 Å². The molecule has 4 aromatic heterocycles. The molecule has 0 bridgehead atoms. The highest BCUT2D eigenvalue weighted by atomic mass is 32.2. The summed E-state index contributed by atoms with van der Waals surface area (Å²) in [5.41, 5.74) is 4.26. The van der Waals surface area contributed by atoms with Crippen LogP contribution in [0.4, 0.5) is 0 Å². The van der Waals surface area contributed by atoms with Crippen molar-refractivity contribution in [3.63, 3.8) is 0 Å². The second-order valence-electron chi connectivity index (χ2n) is 6.95. The third kappa shape index (κ3) is 3.55. The van der Waals surface area contributed by atoms with Gasteiger partial charge in [0.1, 0.15) is 11.4 Å². The van der Waals surface area contributed by atoms with Gasteiger partial charge in [0.25, 0.3) is 0 Å². The summed E-state index contributed by atoms with van der Waals surface area (Å²) in [5, 5.41) is 8.85. The van der Waals surface area contributed by atoms with Gasteiger partial charge in [-0.1, -0.05) is 30.0 Å². The van der Waals surface area contributed by atoms with Gasteiger partial charge in [-0.15, -0.1) is 11.3 Å². The number of Topliss-reactive ketones (excluding diaryl/α,β-unsaturated/α-hetero) is 1. The van der Waals surface area contributed by atoms with E-state index >= 15 is 0 Å². The zero-order valence-electron chi connectivity index (χ0n) is 16.9. The lowest BCUT2D eigenvalue weighted by Gasteiger charge is -2.06. The molecule has 0 fully saturated rings. The van der Waals surface area contributed by atoms with Gasteiger partial charge in [-0.2, -0.15) is 5.10 Å². The van der Waals surface area contributed by atoms with Gasteiger partial charge in [-0.3, -0.25) is 9.36 Å². The molecule has 0 saturated carbocycles. The largest absolute Gasteiger partial charge is 0.294 e. The highest BCUT2D eigenvalue weighted by molar-refractivity contribution is 8.00. The van der Waals surface area contributed by atoms with Gasteiger partial charge in [0.05, 0.1) is 23.0 Å². The number of para-hydroxylation sites is 1. The van der Waals surface area contributed by atoms with E-state index in [4.69, 9.17) is 0 Å². The van der Waals surface area contributed by atoms with Gasteiger partial charge in [0.15, 0.2) is 16.6 Å². The quantitative estimate of drug-likeness (QED) is 0.215. The summed E-state index contributed by atoms with van der Waals surface area (Å²) < 4.78 is 3.81. The number of benzene rings is 1. The van der Waals surface area contributed by atoms with E-state index < -0.39 is 0 Å². The smallest absolute Gasteiger partial charge is 0.193 e. The van der Waals surface area contributed by atoms with Crippen LogP contribution >= 0.6 is 23.1 Å². The Morgan fingerprint density at radius 3 is 2.74 bits per heavy atom. The minimum atomic E-state index is 0.0584. The minimum Gasteiger partial charge on any atom is -0.294 e. The van der Waals surface area contributed by atoms with E-state index in [0.29, 0.717) is 5.56 Å². The van der Waals surface area contributed by atoms with Gasteiger partial charge >= 0.3 is 0 Å². The fourth-order valence-corrected chi connectivity index (χ4v) is 5.17. The van der Waals surface area contributed by atoms with Crippen LogP contribution in [0.1, 0.15) is 21.7 Å². The number of aryl methyl sites for hydroxylation is 1. The molecule has 0 aliphatic heterocycles. The van der Waals surface area contributed by atoms with E-state index in [9.17, 15) is 4.79 Å². The SMILES string of the molecule is Cc1cc(C(=O)CSc2ncnc3c2cnn3-c2ccccc2)c(C)n1-c1nccs1. The van der Waals surface area contributed by atoms with Crippen molar-refractivity contribution in [3.8, 4) is 10.8 Å². The van der Waals surface area contributed by atoms with E-state index in [0.717, 1.165) is 38.3 Å². The van der Waals surface area contributed by atoms with Gasteiger partial charge < -0.3 is 0 Å². The summed E-state index contributed by atoms with van der Waals surface area (Å²) in [4.78, 5) is 26.2. The van der Waals surface area contributed by atoms with Crippen LogP contribution in [0.2, 0.25) is 0 Å². The molecule has 0 spiro atoms. The zero-order valence-corrected chi connectivity index (χ0v) is 18.5. The zero-order chi connectivity index (χ0) is 21.4. The molecule has 0 N–H and O–H groups in total. The van der Waals surface area contributed by atoms with Gasteiger partial charge in [-0.05, 0) is 32.0 Å². The maximum Gasteiger partial charge on any atom is 0.193 e. The maximum absolute atomic E-state index is 13.0. The van der Waals surface area contributed by atoms with E-state index in [1.165, 1.54) is 18.1 Å². The van der Waals surface area contributed by atoms with Crippen LogP contribution in [-0.4, -0.2) is 40.8 Å². The lowest BCUT2D eigenvalue weighted by molar-refractivity contribution is 0.102.